The molecule has 21 heavy (non-hydrogen) atoms. The molecule has 0 aromatic heterocycles. The van der Waals surface area contributed by atoms with Gasteiger partial charge in [0.25, 0.3) is 5.91 Å². The van der Waals surface area contributed by atoms with Gasteiger partial charge in [0, 0.05) is 29.7 Å². The summed E-state index contributed by atoms with van der Waals surface area (Å²) in [6, 6.07) is 5.90. The molecule has 0 spiro atoms. The molecule has 1 aromatic rings. The largest absolute Gasteiger partial charge is 0.481 e. The van der Waals surface area contributed by atoms with E-state index < -0.39 is 6.10 Å². The van der Waals surface area contributed by atoms with Crippen LogP contribution >= 0.6 is 15.9 Å². The molecule has 0 saturated carbocycles. The van der Waals surface area contributed by atoms with Gasteiger partial charge >= 0.3 is 0 Å². The van der Waals surface area contributed by atoms with Gasteiger partial charge in [-0.1, -0.05) is 22.9 Å². The van der Waals surface area contributed by atoms with E-state index in [4.69, 9.17) is 4.74 Å². The molecule has 2 rings (SSSR count). The number of carbonyl (C=O) groups excluding carboxylic acids is 1. The Hall–Kier alpha value is -1.07. The van der Waals surface area contributed by atoms with E-state index in [1.165, 1.54) is 0 Å². The minimum atomic E-state index is -0.440. The smallest absolute Gasteiger partial charge is 0.263 e. The molecule has 1 aliphatic heterocycles. The van der Waals surface area contributed by atoms with Crippen molar-refractivity contribution in [1.82, 2.24) is 10.2 Å². The van der Waals surface area contributed by atoms with E-state index in [0.717, 1.165) is 54.8 Å². The van der Waals surface area contributed by atoms with Crippen molar-refractivity contribution >= 4 is 21.8 Å². The van der Waals surface area contributed by atoms with Crippen molar-refractivity contribution in [2.75, 3.05) is 19.6 Å². The molecule has 1 aromatic carbocycles. The Labute approximate surface area is 135 Å². The molecule has 0 aliphatic carbocycles. The van der Waals surface area contributed by atoms with Gasteiger partial charge in [-0.15, -0.1) is 0 Å². The first-order valence-corrected chi connectivity index (χ1v) is 8.35. The Morgan fingerprint density at radius 1 is 1.43 bits per heavy atom. The maximum absolute atomic E-state index is 12.3. The van der Waals surface area contributed by atoms with Gasteiger partial charge in [0.1, 0.15) is 5.75 Å². The van der Waals surface area contributed by atoms with Gasteiger partial charge in [0.15, 0.2) is 6.10 Å². The predicted octanol–water partition coefficient (Wildman–Crippen LogP) is 2.95. The highest BCUT2D eigenvalue weighted by Gasteiger charge is 2.25. The van der Waals surface area contributed by atoms with Crippen LogP contribution in [0, 0.1) is 0 Å². The number of ether oxygens (including phenoxy) is 1. The van der Waals surface area contributed by atoms with Crippen LogP contribution in [0.5, 0.6) is 5.75 Å². The molecular formula is C16H23BrN2O2. The van der Waals surface area contributed by atoms with E-state index in [1.54, 1.807) is 0 Å². The summed E-state index contributed by atoms with van der Waals surface area (Å²) < 4.78 is 6.93. The van der Waals surface area contributed by atoms with Gasteiger partial charge < -0.3 is 15.0 Å². The summed E-state index contributed by atoms with van der Waals surface area (Å²) in [5.74, 6) is 0.865. The molecule has 0 radical (unpaired) electrons. The molecule has 1 atom stereocenters. The zero-order valence-corrected chi connectivity index (χ0v) is 14.3. The summed E-state index contributed by atoms with van der Waals surface area (Å²) in [5.41, 5.74) is 1.06. The van der Waals surface area contributed by atoms with Crippen molar-refractivity contribution < 1.29 is 9.53 Å². The quantitative estimate of drug-likeness (QED) is 0.853. The Bertz CT molecular complexity index is 487. The minimum absolute atomic E-state index is 0.0878. The fourth-order valence-corrected chi connectivity index (χ4v) is 2.90. The second kappa shape index (κ2) is 7.80. The standard InChI is InChI=1S/C16H23BrN2O2/c1-3-18-11-13-10-14(17)6-7-15(13)21-12(2)16(20)19-8-4-5-9-19/h6-7,10,12,18H,3-5,8-9,11H2,1-2H3. The number of benzene rings is 1. The van der Waals surface area contributed by atoms with Crippen LogP contribution in [-0.4, -0.2) is 36.5 Å². The van der Waals surface area contributed by atoms with Crippen molar-refractivity contribution in [1.29, 1.82) is 0 Å². The topological polar surface area (TPSA) is 41.6 Å². The first-order chi connectivity index (χ1) is 10.1. The van der Waals surface area contributed by atoms with Crippen molar-refractivity contribution in [3.8, 4) is 5.75 Å². The monoisotopic (exact) mass is 354 g/mol. The Morgan fingerprint density at radius 3 is 2.81 bits per heavy atom. The molecule has 1 saturated heterocycles. The SMILES string of the molecule is CCNCc1cc(Br)ccc1OC(C)C(=O)N1CCCC1. The fraction of sp³-hybridized carbons (Fsp3) is 0.562. The molecule has 4 nitrogen and oxygen atoms in total. The van der Waals surface area contributed by atoms with E-state index in [2.05, 4.69) is 28.2 Å². The summed E-state index contributed by atoms with van der Waals surface area (Å²) in [7, 11) is 0. The second-order valence-corrected chi connectivity index (χ2v) is 6.24. The average Bonchev–Trinajstić information content (AvgIpc) is 3.00. The van der Waals surface area contributed by atoms with Crippen molar-refractivity contribution in [3.63, 3.8) is 0 Å². The summed E-state index contributed by atoms with van der Waals surface area (Å²) in [6.07, 6.45) is 1.76. The third-order valence-corrected chi connectivity index (χ3v) is 4.15. The number of nitrogens with one attached hydrogen (secondary N) is 1. The Kier molecular flexibility index (Phi) is 6.06. The molecule has 1 unspecified atom stereocenters. The minimum Gasteiger partial charge on any atom is -0.481 e. The number of rotatable bonds is 6. The summed E-state index contributed by atoms with van der Waals surface area (Å²) >= 11 is 3.48. The van der Waals surface area contributed by atoms with E-state index in [0.29, 0.717) is 0 Å². The lowest BCUT2D eigenvalue weighted by atomic mass is 10.2. The lowest BCUT2D eigenvalue weighted by molar-refractivity contribution is -0.136. The zero-order chi connectivity index (χ0) is 15.2. The molecule has 1 aliphatic rings. The summed E-state index contributed by atoms with van der Waals surface area (Å²) in [4.78, 5) is 14.2. The fourth-order valence-electron chi connectivity index (χ4n) is 2.50. The zero-order valence-electron chi connectivity index (χ0n) is 12.7. The Morgan fingerprint density at radius 2 is 2.14 bits per heavy atom. The second-order valence-electron chi connectivity index (χ2n) is 5.32. The van der Waals surface area contributed by atoms with Crippen molar-refractivity contribution in [3.05, 3.63) is 28.2 Å². The number of likely N-dealkylation sites (tertiary alicyclic amines) is 1. The van der Waals surface area contributed by atoms with Gasteiger partial charge in [0.2, 0.25) is 0 Å². The maximum atomic E-state index is 12.3. The number of nitrogens with zero attached hydrogens (tertiary/aromatic N) is 1. The normalized spacial score (nSPS) is 16.0. The molecule has 1 N–H and O–H groups in total. The molecule has 1 amide bonds. The van der Waals surface area contributed by atoms with E-state index in [-0.39, 0.29) is 5.91 Å². The van der Waals surface area contributed by atoms with Gasteiger partial charge in [-0.25, -0.2) is 0 Å². The highest BCUT2D eigenvalue weighted by molar-refractivity contribution is 9.10. The van der Waals surface area contributed by atoms with Crippen LogP contribution in [0.1, 0.15) is 32.3 Å². The lowest BCUT2D eigenvalue weighted by Crippen LogP contribution is -2.38. The third kappa shape index (κ3) is 4.45. The molecule has 116 valence electrons. The number of amides is 1. The number of hydrogen-bond acceptors (Lipinski definition) is 3. The first kappa shape index (κ1) is 16.3. The van der Waals surface area contributed by atoms with E-state index in [9.17, 15) is 4.79 Å². The van der Waals surface area contributed by atoms with Crippen LogP contribution in [0.25, 0.3) is 0 Å². The molecule has 1 fully saturated rings. The summed E-state index contributed by atoms with van der Waals surface area (Å²) in [6.45, 7) is 7.25. The van der Waals surface area contributed by atoms with Gasteiger partial charge in [0.05, 0.1) is 0 Å². The molecule has 5 heteroatoms. The lowest BCUT2D eigenvalue weighted by Gasteiger charge is -2.22. The highest BCUT2D eigenvalue weighted by Crippen LogP contribution is 2.25. The molecule has 1 heterocycles. The van der Waals surface area contributed by atoms with Crippen LogP contribution in [0.2, 0.25) is 0 Å². The number of halogens is 1. The van der Waals surface area contributed by atoms with Crippen LogP contribution in [0.15, 0.2) is 22.7 Å². The third-order valence-electron chi connectivity index (χ3n) is 3.66. The van der Waals surface area contributed by atoms with Crippen LogP contribution < -0.4 is 10.1 Å². The molecular weight excluding hydrogens is 332 g/mol. The number of hydrogen-bond donors (Lipinski definition) is 1. The average molecular weight is 355 g/mol. The van der Waals surface area contributed by atoms with Crippen LogP contribution in [0.3, 0.4) is 0 Å². The van der Waals surface area contributed by atoms with Crippen LogP contribution in [0.4, 0.5) is 0 Å². The van der Waals surface area contributed by atoms with Crippen LogP contribution in [-0.2, 0) is 11.3 Å². The maximum Gasteiger partial charge on any atom is 0.263 e. The van der Waals surface area contributed by atoms with Gasteiger partial charge in [-0.2, -0.15) is 0 Å². The van der Waals surface area contributed by atoms with E-state index in [1.807, 2.05) is 30.0 Å². The summed E-state index contributed by atoms with van der Waals surface area (Å²) in [5, 5.41) is 3.29. The van der Waals surface area contributed by atoms with E-state index >= 15 is 0 Å². The van der Waals surface area contributed by atoms with Gasteiger partial charge in [-0.3, -0.25) is 4.79 Å². The first-order valence-electron chi connectivity index (χ1n) is 7.56. The van der Waals surface area contributed by atoms with Gasteiger partial charge in [-0.05, 0) is 44.5 Å². The van der Waals surface area contributed by atoms with Crippen molar-refractivity contribution in [2.24, 2.45) is 0 Å². The molecule has 0 bridgehead atoms. The number of carbonyl (C=O) groups is 1. The Balaban J connectivity index is 2.05. The predicted molar refractivity (Wildman–Crippen MR) is 87.4 cm³/mol. The van der Waals surface area contributed by atoms with Crippen molar-refractivity contribution in [2.45, 2.75) is 39.3 Å². The highest BCUT2D eigenvalue weighted by atomic mass is 79.9.